The summed E-state index contributed by atoms with van der Waals surface area (Å²) in [6.45, 7) is 5.70. The highest BCUT2D eigenvalue weighted by atomic mass is 19.1. The number of amides is 1. The molecule has 0 aliphatic rings. The van der Waals surface area contributed by atoms with Gasteiger partial charge in [0, 0.05) is 12.6 Å². The lowest BCUT2D eigenvalue weighted by atomic mass is 10.1. The van der Waals surface area contributed by atoms with Crippen molar-refractivity contribution in [1.82, 2.24) is 5.32 Å². The van der Waals surface area contributed by atoms with Crippen LogP contribution in [-0.2, 0) is 11.2 Å². The Morgan fingerprint density at radius 1 is 1.40 bits per heavy atom. The minimum Gasteiger partial charge on any atom is -0.444 e. The molecule has 0 aliphatic heterocycles. The van der Waals surface area contributed by atoms with Crippen LogP contribution in [0, 0.1) is 5.82 Å². The lowest BCUT2D eigenvalue weighted by molar-refractivity contribution is 0.0524. The van der Waals surface area contributed by atoms with Crippen molar-refractivity contribution < 1.29 is 13.9 Å². The number of halogens is 1. The van der Waals surface area contributed by atoms with E-state index in [0.717, 1.165) is 0 Å². The summed E-state index contributed by atoms with van der Waals surface area (Å²) >= 11 is 0. The zero-order valence-electron chi connectivity index (χ0n) is 12.3. The number of alkyl carbamates (subject to hydrolysis) is 1. The predicted molar refractivity (Wildman–Crippen MR) is 76.9 cm³/mol. The van der Waals surface area contributed by atoms with Crippen LogP contribution < -0.4 is 11.1 Å². The molecule has 1 aromatic rings. The molecule has 0 bridgehead atoms. The van der Waals surface area contributed by atoms with Crippen LogP contribution in [-0.4, -0.2) is 24.3 Å². The average Bonchev–Trinajstić information content (AvgIpc) is 2.33. The van der Waals surface area contributed by atoms with E-state index in [0.29, 0.717) is 24.9 Å². The van der Waals surface area contributed by atoms with E-state index in [1.54, 1.807) is 39.0 Å². The van der Waals surface area contributed by atoms with E-state index >= 15 is 0 Å². The summed E-state index contributed by atoms with van der Waals surface area (Å²) < 4.78 is 18.5. The van der Waals surface area contributed by atoms with Gasteiger partial charge in [-0.2, -0.15) is 0 Å². The third-order valence-electron chi connectivity index (χ3n) is 2.65. The number of aryl methyl sites for hydroxylation is 1. The number of rotatable bonds is 5. The van der Waals surface area contributed by atoms with Crippen LogP contribution in [0.15, 0.2) is 24.3 Å². The van der Waals surface area contributed by atoms with E-state index in [4.69, 9.17) is 10.5 Å². The standard InChI is InChI=1S/C15H23FN2O2/c1-15(2,3)20-14(19)18-10-12(17)9-8-11-6-4-5-7-13(11)16/h4-7,12H,8-10,17H2,1-3H3,(H,18,19). The average molecular weight is 282 g/mol. The first-order chi connectivity index (χ1) is 9.28. The normalized spacial score (nSPS) is 12.8. The first-order valence-corrected chi connectivity index (χ1v) is 6.74. The zero-order chi connectivity index (χ0) is 15.2. The van der Waals surface area contributed by atoms with E-state index in [1.807, 2.05) is 0 Å². The summed E-state index contributed by atoms with van der Waals surface area (Å²) in [7, 11) is 0. The van der Waals surface area contributed by atoms with Crippen molar-refractivity contribution in [3.63, 3.8) is 0 Å². The van der Waals surface area contributed by atoms with Gasteiger partial charge in [-0.3, -0.25) is 0 Å². The second-order valence-electron chi connectivity index (χ2n) is 5.77. The van der Waals surface area contributed by atoms with Gasteiger partial charge in [0.05, 0.1) is 0 Å². The molecule has 0 spiro atoms. The van der Waals surface area contributed by atoms with Crippen molar-refractivity contribution >= 4 is 6.09 Å². The van der Waals surface area contributed by atoms with Gasteiger partial charge < -0.3 is 15.8 Å². The topological polar surface area (TPSA) is 64.3 Å². The number of hydrogen-bond donors (Lipinski definition) is 2. The quantitative estimate of drug-likeness (QED) is 0.872. The fraction of sp³-hybridized carbons (Fsp3) is 0.533. The summed E-state index contributed by atoms with van der Waals surface area (Å²) in [4.78, 5) is 11.4. The molecule has 112 valence electrons. The SMILES string of the molecule is CC(C)(C)OC(=O)NCC(N)CCc1ccccc1F. The van der Waals surface area contributed by atoms with Gasteiger partial charge in [0.25, 0.3) is 0 Å². The van der Waals surface area contributed by atoms with Crippen LogP contribution in [0.5, 0.6) is 0 Å². The van der Waals surface area contributed by atoms with Gasteiger partial charge in [-0.05, 0) is 45.2 Å². The lowest BCUT2D eigenvalue weighted by Crippen LogP contribution is -2.40. The molecule has 3 N–H and O–H groups in total. The van der Waals surface area contributed by atoms with Crippen molar-refractivity contribution in [1.29, 1.82) is 0 Å². The fourth-order valence-electron chi connectivity index (χ4n) is 1.67. The Kier molecular flexibility index (Phi) is 5.95. The smallest absolute Gasteiger partial charge is 0.407 e. The Hall–Kier alpha value is -1.62. The highest BCUT2D eigenvalue weighted by Crippen LogP contribution is 2.10. The minimum absolute atomic E-state index is 0.222. The molecule has 5 heteroatoms. The number of benzene rings is 1. The molecule has 0 saturated carbocycles. The van der Waals surface area contributed by atoms with Crippen molar-refractivity contribution in [3.8, 4) is 0 Å². The van der Waals surface area contributed by atoms with Crippen molar-refractivity contribution in [2.45, 2.75) is 45.3 Å². The van der Waals surface area contributed by atoms with E-state index in [1.165, 1.54) is 6.07 Å². The third kappa shape index (κ3) is 6.52. The molecular weight excluding hydrogens is 259 g/mol. The van der Waals surface area contributed by atoms with Crippen molar-refractivity contribution in [3.05, 3.63) is 35.6 Å². The summed E-state index contributed by atoms with van der Waals surface area (Å²) in [6.07, 6.45) is 0.652. The molecule has 1 aromatic carbocycles. The Labute approximate surface area is 119 Å². The van der Waals surface area contributed by atoms with Crippen molar-refractivity contribution in [2.75, 3.05) is 6.54 Å². The number of nitrogens with one attached hydrogen (secondary N) is 1. The number of hydrogen-bond acceptors (Lipinski definition) is 3. The van der Waals surface area contributed by atoms with Gasteiger partial charge in [-0.1, -0.05) is 18.2 Å². The van der Waals surface area contributed by atoms with E-state index in [9.17, 15) is 9.18 Å². The molecular formula is C15H23FN2O2. The largest absolute Gasteiger partial charge is 0.444 e. The second-order valence-corrected chi connectivity index (χ2v) is 5.77. The highest BCUT2D eigenvalue weighted by molar-refractivity contribution is 5.67. The Morgan fingerprint density at radius 3 is 2.65 bits per heavy atom. The Balaban J connectivity index is 2.29. The highest BCUT2D eigenvalue weighted by Gasteiger charge is 2.16. The van der Waals surface area contributed by atoms with Crippen molar-refractivity contribution in [2.24, 2.45) is 5.73 Å². The minimum atomic E-state index is -0.526. The van der Waals surface area contributed by atoms with Gasteiger partial charge in [0.15, 0.2) is 0 Å². The van der Waals surface area contributed by atoms with E-state index in [-0.39, 0.29) is 11.9 Å². The summed E-state index contributed by atoms with van der Waals surface area (Å²) in [5.74, 6) is -0.222. The molecule has 0 aliphatic carbocycles. The molecule has 0 heterocycles. The molecule has 1 rings (SSSR count). The third-order valence-corrected chi connectivity index (χ3v) is 2.65. The van der Waals surface area contributed by atoms with Crippen LogP contribution in [0.1, 0.15) is 32.8 Å². The van der Waals surface area contributed by atoms with E-state index in [2.05, 4.69) is 5.32 Å². The summed E-state index contributed by atoms with van der Waals surface area (Å²) in [5, 5.41) is 2.61. The molecule has 20 heavy (non-hydrogen) atoms. The van der Waals surface area contributed by atoms with Gasteiger partial charge in [-0.25, -0.2) is 9.18 Å². The molecule has 0 aromatic heterocycles. The van der Waals surface area contributed by atoms with Crippen LogP contribution >= 0.6 is 0 Å². The van der Waals surface area contributed by atoms with E-state index < -0.39 is 11.7 Å². The molecule has 1 unspecified atom stereocenters. The van der Waals surface area contributed by atoms with Gasteiger partial charge in [-0.15, -0.1) is 0 Å². The number of carbonyl (C=O) groups is 1. The maximum Gasteiger partial charge on any atom is 0.407 e. The molecule has 1 atom stereocenters. The maximum absolute atomic E-state index is 13.4. The molecule has 0 radical (unpaired) electrons. The monoisotopic (exact) mass is 282 g/mol. The first-order valence-electron chi connectivity index (χ1n) is 6.74. The zero-order valence-corrected chi connectivity index (χ0v) is 12.3. The first kappa shape index (κ1) is 16.4. The van der Waals surface area contributed by atoms with Crippen LogP contribution in [0.3, 0.4) is 0 Å². The van der Waals surface area contributed by atoms with Gasteiger partial charge >= 0.3 is 6.09 Å². The number of carbonyl (C=O) groups excluding carboxylic acids is 1. The Bertz CT molecular complexity index is 444. The number of nitrogens with two attached hydrogens (primary N) is 1. The second kappa shape index (κ2) is 7.24. The van der Waals surface area contributed by atoms with Crippen LogP contribution in [0.25, 0.3) is 0 Å². The van der Waals surface area contributed by atoms with Crippen LogP contribution in [0.4, 0.5) is 9.18 Å². The summed E-state index contributed by atoms with van der Waals surface area (Å²) in [6, 6.07) is 6.39. The molecule has 4 nitrogen and oxygen atoms in total. The molecule has 0 saturated heterocycles. The van der Waals surface area contributed by atoms with Gasteiger partial charge in [0.2, 0.25) is 0 Å². The summed E-state index contributed by atoms with van der Waals surface area (Å²) in [5.41, 5.74) is 6.00. The predicted octanol–water partition coefficient (Wildman–Crippen LogP) is 2.61. The lowest BCUT2D eigenvalue weighted by Gasteiger charge is -2.20. The van der Waals surface area contributed by atoms with Crippen LogP contribution in [0.2, 0.25) is 0 Å². The van der Waals surface area contributed by atoms with Gasteiger partial charge in [0.1, 0.15) is 11.4 Å². The molecule has 0 fully saturated rings. The molecule has 1 amide bonds. The Morgan fingerprint density at radius 2 is 2.05 bits per heavy atom. The fourth-order valence-corrected chi connectivity index (χ4v) is 1.67. The number of ether oxygens (including phenoxy) is 1. The maximum atomic E-state index is 13.4.